The van der Waals surface area contributed by atoms with Gasteiger partial charge in [0.05, 0.1) is 6.10 Å². The van der Waals surface area contributed by atoms with Crippen molar-refractivity contribution >= 4 is 15.9 Å². The van der Waals surface area contributed by atoms with E-state index in [1.807, 2.05) is 0 Å². The summed E-state index contributed by atoms with van der Waals surface area (Å²) in [5, 5.41) is 11.1. The van der Waals surface area contributed by atoms with Crippen LogP contribution in [-0.2, 0) is 10.0 Å². The molecule has 0 bridgehead atoms. The molecule has 0 aromatic carbocycles. The fourth-order valence-corrected chi connectivity index (χ4v) is 1.88. The van der Waals surface area contributed by atoms with Crippen molar-refractivity contribution in [2.24, 2.45) is 0 Å². The monoisotopic (exact) mass is 276 g/mol. The lowest BCUT2D eigenvalue weighted by atomic mass is 10.4. The third-order valence-corrected chi connectivity index (χ3v) is 3.79. The predicted octanol–water partition coefficient (Wildman–Crippen LogP) is -0.359. The quantitative estimate of drug-likeness (QED) is 0.765. The molecule has 18 heavy (non-hydrogen) atoms. The standard InChI is InChI=1S/C10H16N2O5S/c1-7(13)6-11-10(14)8-4-5-9(17-8)18(15,16)12(2)3/h4-5,7,13H,6H2,1-3H3,(H,11,14). The molecular weight excluding hydrogens is 260 g/mol. The van der Waals surface area contributed by atoms with Crippen molar-refractivity contribution < 1.29 is 22.7 Å². The number of amides is 1. The van der Waals surface area contributed by atoms with Crippen molar-refractivity contribution in [3.63, 3.8) is 0 Å². The Labute approximate surface area is 105 Å². The minimum atomic E-state index is -3.68. The lowest BCUT2D eigenvalue weighted by molar-refractivity contribution is 0.0891. The average molecular weight is 276 g/mol. The summed E-state index contributed by atoms with van der Waals surface area (Å²) in [6.07, 6.45) is -0.686. The molecule has 2 N–H and O–H groups in total. The Bertz CT molecular complexity index is 518. The first-order valence-corrected chi connectivity index (χ1v) is 6.67. The van der Waals surface area contributed by atoms with E-state index < -0.39 is 22.0 Å². The number of sulfonamides is 1. The molecule has 8 heteroatoms. The van der Waals surface area contributed by atoms with Crippen LogP contribution in [0, 0.1) is 0 Å². The number of carbonyl (C=O) groups excluding carboxylic acids is 1. The molecule has 1 heterocycles. The van der Waals surface area contributed by atoms with Gasteiger partial charge >= 0.3 is 0 Å². The maximum Gasteiger partial charge on any atom is 0.287 e. The minimum absolute atomic E-state index is 0.0648. The van der Waals surface area contributed by atoms with Gasteiger partial charge < -0.3 is 14.8 Å². The first kappa shape index (κ1) is 14.7. The molecule has 102 valence electrons. The van der Waals surface area contributed by atoms with Gasteiger partial charge in [0.1, 0.15) is 0 Å². The molecule has 7 nitrogen and oxygen atoms in total. The average Bonchev–Trinajstić information content (AvgIpc) is 2.75. The number of hydrogen-bond donors (Lipinski definition) is 2. The summed E-state index contributed by atoms with van der Waals surface area (Å²) in [6.45, 7) is 1.58. The zero-order valence-electron chi connectivity index (χ0n) is 10.4. The van der Waals surface area contributed by atoms with E-state index in [4.69, 9.17) is 9.52 Å². The number of nitrogens with zero attached hydrogens (tertiary/aromatic N) is 1. The largest absolute Gasteiger partial charge is 0.438 e. The van der Waals surface area contributed by atoms with Gasteiger partial charge in [-0.2, -0.15) is 0 Å². The van der Waals surface area contributed by atoms with Crippen molar-refractivity contribution in [3.8, 4) is 0 Å². The van der Waals surface area contributed by atoms with Gasteiger partial charge in [-0.1, -0.05) is 0 Å². The first-order valence-electron chi connectivity index (χ1n) is 5.23. The number of hydrogen-bond acceptors (Lipinski definition) is 5. The Morgan fingerprint density at radius 2 is 2.11 bits per heavy atom. The minimum Gasteiger partial charge on any atom is -0.438 e. The predicted molar refractivity (Wildman–Crippen MR) is 63.6 cm³/mol. The van der Waals surface area contributed by atoms with Gasteiger partial charge in [-0.25, -0.2) is 12.7 Å². The van der Waals surface area contributed by atoms with Gasteiger partial charge in [0.15, 0.2) is 5.76 Å². The zero-order chi connectivity index (χ0) is 13.9. The molecule has 1 atom stereocenters. The van der Waals surface area contributed by atoms with Crippen LogP contribution in [0.5, 0.6) is 0 Å². The molecule has 0 aliphatic rings. The van der Waals surface area contributed by atoms with Crippen molar-refractivity contribution in [2.45, 2.75) is 18.1 Å². The van der Waals surface area contributed by atoms with E-state index in [1.165, 1.54) is 33.2 Å². The fraction of sp³-hybridized carbons (Fsp3) is 0.500. The van der Waals surface area contributed by atoms with Crippen LogP contribution in [0.1, 0.15) is 17.5 Å². The first-order chi connectivity index (χ1) is 8.25. The van der Waals surface area contributed by atoms with E-state index in [2.05, 4.69) is 5.32 Å². The number of aliphatic hydroxyl groups is 1. The van der Waals surface area contributed by atoms with Crippen molar-refractivity contribution in [1.82, 2.24) is 9.62 Å². The van der Waals surface area contributed by atoms with Crippen LogP contribution < -0.4 is 5.32 Å². The van der Waals surface area contributed by atoms with Gasteiger partial charge in [-0.3, -0.25) is 4.79 Å². The van der Waals surface area contributed by atoms with Gasteiger partial charge in [0, 0.05) is 20.6 Å². The molecule has 0 spiro atoms. The molecular formula is C10H16N2O5S. The van der Waals surface area contributed by atoms with Crippen molar-refractivity contribution in [3.05, 3.63) is 17.9 Å². The Balaban J connectivity index is 2.84. The maximum absolute atomic E-state index is 11.7. The lowest BCUT2D eigenvalue weighted by Crippen LogP contribution is -2.30. The Hall–Kier alpha value is -1.38. The van der Waals surface area contributed by atoms with E-state index in [1.54, 1.807) is 0 Å². The fourth-order valence-electron chi connectivity index (χ4n) is 1.09. The molecule has 0 saturated heterocycles. The normalized spacial score (nSPS) is 13.6. The summed E-state index contributed by atoms with van der Waals surface area (Å²) in [6, 6.07) is 2.49. The molecule has 0 aliphatic carbocycles. The topological polar surface area (TPSA) is 99.8 Å². The highest BCUT2D eigenvalue weighted by Crippen LogP contribution is 2.16. The van der Waals surface area contributed by atoms with Crippen molar-refractivity contribution in [1.29, 1.82) is 0 Å². The second kappa shape index (κ2) is 5.51. The Kier molecular flexibility index (Phi) is 4.49. The third-order valence-electron chi connectivity index (χ3n) is 2.10. The number of aliphatic hydroxyl groups excluding tert-OH is 1. The molecule has 1 unspecified atom stereocenters. The molecule has 1 rings (SSSR count). The molecule has 1 aromatic rings. The molecule has 1 amide bonds. The highest BCUT2D eigenvalue weighted by atomic mass is 32.2. The van der Waals surface area contributed by atoms with Gasteiger partial charge in [0.25, 0.3) is 15.9 Å². The van der Waals surface area contributed by atoms with Crippen LogP contribution in [0.4, 0.5) is 0 Å². The number of furan rings is 1. The van der Waals surface area contributed by atoms with Gasteiger partial charge in [-0.05, 0) is 19.1 Å². The van der Waals surface area contributed by atoms with E-state index >= 15 is 0 Å². The van der Waals surface area contributed by atoms with Crippen molar-refractivity contribution in [2.75, 3.05) is 20.6 Å². The summed E-state index contributed by atoms with van der Waals surface area (Å²) >= 11 is 0. The third kappa shape index (κ3) is 3.31. The number of rotatable bonds is 5. The van der Waals surface area contributed by atoms with Crippen LogP contribution in [-0.4, -0.2) is 50.5 Å². The number of nitrogens with one attached hydrogen (secondary N) is 1. The zero-order valence-corrected chi connectivity index (χ0v) is 11.2. The van der Waals surface area contributed by atoms with E-state index in [0.717, 1.165) is 4.31 Å². The SMILES string of the molecule is CC(O)CNC(=O)c1ccc(S(=O)(=O)N(C)C)o1. The number of carbonyl (C=O) groups is 1. The Morgan fingerprint density at radius 3 is 2.61 bits per heavy atom. The summed E-state index contributed by atoms with van der Waals surface area (Å²) in [5.74, 6) is -0.688. The lowest BCUT2D eigenvalue weighted by Gasteiger charge is -2.08. The Morgan fingerprint density at radius 1 is 1.50 bits per heavy atom. The summed E-state index contributed by atoms with van der Waals surface area (Å²) in [7, 11) is -0.951. The smallest absolute Gasteiger partial charge is 0.287 e. The highest BCUT2D eigenvalue weighted by Gasteiger charge is 2.23. The summed E-state index contributed by atoms with van der Waals surface area (Å²) in [4.78, 5) is 11.5. The van der Waals surface area contributed by atoms with E-state index in [9.17, 15) is 13.2 Å². The molecule has 0 fully saturated rings. The maximum atomic E-state index is 11.7. The van der Waals surface area contributed by atoms with Gasteiger partial charge in [-0.15, -0.1) is 0 Å². The summed E-state index contributed by atoms with van der Waals surface area (Å²) in [5.41, 5.74) is 0. The molecule has 0 aliphatic heterocycles. The van der Waals surface area contributed by atoms with E-state index in [-0.39, 0.29) is 17.4 Å². The van der Waals surface area contributed by atoms with Crippen LogP contribution in [0.25, 0.3) is 0 Å². The van der Waals surface area contributed by atoms with Crippen LogP contribution in [0.15, 0.2) is 21.6 Å². The molecule has 0 radical (unpaired) electrons. The van der Waals surface area contributed by atoms with Crippen LogP contribution in [0.2, 0.25) is 0 Å². The summed E-state index contributed by atoms with van der Waals surface area (Å²) < 4.78 is 29.4. The molecule has 1 aromatic heterocycles. The van der Waals surface area contributed by atoms with Gasteiger partial charge in [0.2, 0.25) is 5.09 Å². The second-order valence-corrected chi connectivity index (χ2v) is 6.05. The second-order valence-electron chi connectivity index (χ2n) is 3.97. The molecule has 0 saturated carbocycles. The van der Waals surface area contributed by atoms with Crippen LogP contribution in [0.3, 0.4) is 0 Å². The van der Waals surface area contributed by atoms with Crippen LogP contribution >= 0.6 is 0 Å². The van der Waals surface area contributed by atoms with E-state index in [0.29, 0.717) is 0 Å². The highest BCUT2D eigenvalue weighted by molar-refractivity contribution is 7.88.